The molecule has 3 rings (SSSR count). The van der Waals surface area contributed by atoms with Gasteiger partial charge in [0.15, 0.2) is 0 Å². The van der Waals surface area contributed by atoms with E-state index in [1.807, 2.05) is 12.1 Å². The van der Waals surface area contributed by atoms with Crippen molar-refractivity contribution in [2.75, 3.05) is 0 Å². The van der Waals surface area contributed by atoms with Gasteiger partial charge < -0.3 is 5.73 Å². The SMILES string of the molecule is NC(=O)C12CCC(Cc3ccc(Cl)cc3C1)C2. The molecule has 1 aromatic carbocycles. The molecule has 2 bridgehead atoms. The maximum absolute atomic E-state index is 11.8. The summed E-state index contributed by atoms with van der Waals surface area (Å²) in [5, 5.41) is 0.751. The fraction of sp³-hybridized carbons (Fsp3) is 0.500. The fourth-order valence-electron chi connectivity index (χ4n) is 3.52. The van der Waals surface area contributed by atoms with Crippen LogP contribution in [0.15, 0.2) is 18.2 Å². The number of fused-ring (bicyclic) bond motifs is 3. The zero-order valence-electron chi connectivity index (χ0n) is 9.71. The molecular weight excluding hydrogens is 234 g/mol. The van der Waals surface area contributed by atoms with Gasteiger partial charge in [0.1, 0.15) is 0 Å². The second-order valence-electron chi connectivity index (χ2n) is 5.55. The van der Waals surface area contributed by atoms with E-state index in [0.717, 1.165) is 37.1 Å². The maximum Gasteiger partial charge on any atom is 0.223 e. The van der Waals surface area contributed by atoms with Crippen LogP contribution in [0.5, 0.6) is 0 Å². The minimum absolute atomic E-state index is 0.132. The average Bonchev–Trinajstić information content (AvgIpc) is 2.57. The number of carbonyl (C=O) groups is 1. The Balaban J connectivity index is 2.07. The van der Waals surface area contributed by atoms with Crippen molar-refractivity contribution in [3.05, 3.63) is 34.3 Å². The smallest absolute Gasteiger partial charge is 0.223 e. The van der Waals surface area contributed by atoms with Crippen LogP contribution in [-0.2, 0) is 17.6 Å². The molecule has 1 aromatic rings. The van der Waals surface area contributed by atoms with Gasteiger partial charge in [0.05, 0.1) is 5.41 Å². The summed E-state index contributed by atoms with van der Waals surface area (Å²) in [6.45, 7) is 0. The van der Waals surface area contributed by atoms with E-state index in [1.54, 1.807) is 0 Å². The molecule has 2 nitrogen and oxygen atoms in total. The van der Waals surface area contributed by atoms with Gasteiger partial charge in [-0.15, -0.1) is 0 Å². The van der Waals surface area contributed by atoms with Crippen molar-refractivity contribution in [1.29, 1.82) is 0 Å². The normalized spacial score (nSPS) is 30.8. The number of nitrogens with two attached hydrogens (primary N) is 1. The lowest BCUT2D eigenvalue weighted by Crippen LogP contribution is -2.36. The number of hydrogen-bond acceptors (Lipinski definition) is 1. The molecule has 1 amide bonds. The first-order valence-electron chi connectivity index (χ1n) is 6.16. The van der Waals surface area contributed by atoms with E-state index in [2.05, 4.69) is 6.07 Å². The minimum atomic E-state index is -0.305. The van der Waals surface area contributed by atoms with E-state index < -0.39 is 0 Å². The van der Waals surface area contributed by atoms with E-state index in [-0.39, 0.29) is 11.3 Å². The number of hydrogen-bond donors (Lipinski definition) is 1. The minimum Gasteiger partial charge on any atom is -0.369 e. The Hall–Kier alpha value is -1.02. The van der Waals surface area contributed by atoms with Crippen LogP contribution in [0, 0.1) is 11.3 Å². The number of rotatable bonds is 1. The van der Waals surface area contributed by atoms with Crippen molar-refractivity contribution in [1.82, 2.24) is 0 Å². The van der Waals surface area contributed by atoms with E-state index in [1.165, 1.54) is 11.1 Å². The fourth-order valence-corrected chi connectivity index (χ4v) is 3.71. The Morgan fingerprint density at radius 3 is 3.00 bits per heavy atom. The third-order valence-corrected chi connectivity index (χ3v) is 4.67. The molecule has 2 aliphatic rings. The summed E-state index contributed by atoms with van der Waals surface area (Å²) in [7, 11) is 0. The lowest BCUT2D eigenvalue weighted by Gasteiger charge is -2.25. The first-order valence-corrected chi connectivity index (χ1v) is 6.54. The summed E-state index contributed by atoms with van der Waals surface area (Å²) in [6, 6.07) is 6.05. The third kappa shape index (κ3) is 1.75. The number of amides is 1. The van der Waals surface area contributed by atoms with E-state index in [4.69, 9.17) is 17.3 Å². The number of carbonyl (C=O) groups excluding carboxylic acids is 1. The Morgan fingerprint density at radius 2 is 2.24 bits per heavy atom. The van der Waals surface area contributed by atoms with E-state index >= 15 is 0 Å². The third-order valence-electron chi connectivity index (χ3n) is 4.44. The van der Waals surface area contributed by atoms with Crippen LogP contribution < -0.4 is 5.73 Å². The van der Waals surface area contributed by atoms with Crippen LogP contribution in [0.4, 0.5) is 0 Å². The predicted molar refractivity (Wildman–Crippen MR) is 67.8 cm³/mol. The van der Waals surface area contributed by atoms with Crippen LogP contribution >= 0.6 is 11.6 Å². The quantitative estimate of drug-likeness (QED) is 0.817. The van der Waals surface area contributed by atoms with Gasteiger partial charge in [-0.2, -0.15) is 0 Å². The van der Waals surface area contributed by atoms with Crippen LogP contribution in [0.1, 0.15) is 30.4 Å². The van der Waals surface area contributed by atoms with Crippen molar-refractivity contribution in [3.63, 3.8) is 0 Å². The largest absolute Gasteiger partial charge is 0.369 e. The Labute approximate surface area is 106 Å². The van der Waals surface area contributed by atoms with Gasteiger partial charge in [0, 0.05) is 5.02 Å². The molecule has 0 radical (unpaired) electrons. The second kappa shape index (κ2) is 3.74. The maximum atomic E-state index is 11.8. The molecule has 0 aromatic heterocycles. The van der Waals surface area contributed by atoms with Crippen LogP contribution in [-0.4, -0.2) is 5.91 Å². The molecule has 2 atom stereocenters. The Kier molecular flexibility index (Phi) is 2.44. The van der Waals surface area contributed by atoms with Crippen LogP contribution in [0.3, 0.4) is 0 Å². The highest BCUT2D eigenvalue weighted by Gasteiger charge is 2.46. The van der Waals surface area contributed by atoms with Crippen LogP contribution in [0.25, 0.3) is 0 Å². The summed E-state index contributed by atoms with van der Waals surface area (Å²) in [4.78, 5) is 11.8. The van der Waals surface area contributed by atoms with Gasteiger partial charge in [-0.3, -0.25) is 4.79 Å². The molecule has 90 valence electrons. The van der Waals surface area contributed by atoms with Gasteiger partial charge in [0.25, 0.3) is 0 Å². The molecule has 2 aliphatic carbocycles. The van der Waals surface area contributed by atoms with Gasteiger partial charge in [-0.25, -0.2) is 0 Å². The van der Waals surface area contributed by atoms with Gasteiger partial charge in [-0.05, 0) is 61.3 Å². The molecule has 17 heavy (non-hydrogen) atoms. The molecule has 0 heterocycles. The summed E-state index contributed by atoms with van der Waals surface area (Å²) in [6.07, 6.45) is 4.87. The van der Waals surface area contributed by atoms with Crippen molar-refractivity contribution < 1.29 is 4.79 Å². The first kappa shape index (κ1) is 11.1. The second-order valence-corrected chi connectivity index (χ2v) is 5.98. The highest BCUT2D eigenvalue weighted by molar-refractivity contribution is 6.30. The summed E-state index contributed by atoms with van der Waals surface area (Å²) in [5.41, 5.74) is 7.90. The first-order chi connectivity index (χ1) is 8.09. The van der Waals surface area contributed by atoms with Crippen molar-refractivity contribution in [3.8, 4) is 0 Å². The summed E-state index contributed by atoms with van der Waals surface area (Å²) >= 11 is 6.04. The molecule has 0 spiro atoms. The molecule has 2 N–H and O–H groups in total. The topological polar surface area (TPSA) is 43.1 Å². The number of benzene rings is 1. The molecule has 3 heteroatoms. The number of primary amides is 1. The van der Waals surface area contributed by atoms with Crippen molar-refractivity contribution in [2.45, 2.75) is 32.1 Å². The molecule has 1 saturated carbocycles. The van der Waals surface area contributed by atoms with Crippen molar-refractivity contribution in [2.24, 2.45) is 17.1 Å². The lowest BCUT2D eigenvalue weighted by molar-refractivity contribution is -0.127. The van der Waals surface area contributed by atoms with Gasteiger partial charge in [0.2, 0.25) is 5.91 Å². The van der Waals surface area contributed by atoms with E-state index in [9.17, 15) is 4.79 Å². The van der Waals surface area contributed by atoms with Gasteiger partial charge >= 0.3 is 0 Å². The zero-order valence-corrected chi connectivity index (χ0v) is 10.5. The Morgan fingerprint density at radius 1 is 1.41 bits per heavy atom. The van der Waals surface area contributed by atoms with Gasteiger partial charge in [-0.1, -0.05) is 17.7 Å². The molecule has 1 fully saturated rings. The molecule has 0 aliphatic heterocycles. The standard InChI is InChI=1S/C14H16ClNO/c15-12-2-1-10-5-9-3-4-14(7-9,13(16)17)8-11(10)6-12/h1-2,6,9H,3-5,7-8H2,(H2,16,17). The predicted octanol–water partition coefficient (Wildman–Crippen LogP) is 2.71. The van der Waals surface area contributed by atoms with Crippen LogP contribution in [0.2, 0.25) is 5.02 Å². The number of halogens is 1. The van der Waals surface area contributed by atoms with E-state index in [0.29, 0.717) is 5.92 Å². The van der Waals surface area contributed by atoms with Crippen molar-refractivity contribution >= 4 is 17.5 Å². The Bertz CT molecular complexity index is 485. The molecular formula is C14H16ClNO. The highest BCUT2D eigenvalue weighted by atomic mass is 35.5. The average molecular weight is 250 g/mol. The monoisotopic (exact) mass is 249 g/mol. The zero-order chi connectivity index (χ0) is 12.0. The lowest BCUT2D eigenvalue weighted by atomic mass is 9.79. The summed E-state index contributed by atoms with van der Waals surface area (Å²) in [5.74, 6) is 0.484. The molecule has 0 saturated heterocycles. The highest BCUT2D eigenvalue weighted by Crippen LogP contribution is 2.48. The summed E-state index contributed by atoms with van der Waals surface area (Å²) < 4.78 is 0. The molecule has 2 unspecified atom stereocenters.